The number of hydrazone groups is 1. The van der Waals surface area contributed by atoms with Crippen LogP contribution in [0.25, 0.3) is 17.8 Å². The van der Waals surface area contributed by atoms with Gasteiger partial charge in [0.2, 0.25) is 0 Å². The SMILES string of the molecule is O=C(NN=Cc1cccc(C=Cc2ccccc2Cl)c1)c1ccc(-n2ccnc2)cc1. The molecule has 152 valence electrons. The summed E-state index contributed by atoms with van der Waals surface area (Å²) in [5, 5.41) is 4.78. The second kappa shape index (κ2) is 9.69. The molecule has 1 heterocycles. The average molecular weight is 427 g/mol. The molecule has 1 amide bonds. The molecule has 0 unspecified atom stereocenters. The summed E-state index contributed by atoms with van der Waals surface area (Å²) in [5.74, 6) is -0.275. The molecule has 0 atom stereocenters. The van der Waals surface area contributed by atoms with Gasteiger partial charge in [-0.3, -0.25) is 4.79 Å². The number of benzene rings is 3. The molecule has 0 radical (unpaired) electrons. The first-order valence-electron chi connectivity index (χ1n) is 9.63. The molecular formula is C25H19ClN4O. The van der Waals surface area contributed by atoms with Crippen molar-refractivity contribution >= 4 is 35.9 Å². The number of amides is 1. The van der Waals surface area contributed by atoms with Crippen LogP contribution in [0.5, 0.6) is 0 Å². The second-order valence-electron chi connectivity index (χ2n) is 6.74. The van der Waals surface area contributed by atoms with E-state index in [0.717, 1.165) is 22.4 Å². The van der Waals surface area contributed by atoms with E-state index in [2.05, 4.69) is 15.5 Å². The highest BCUT2D eigenvalue weighted by molar-refractivity contribution is 6.32. The third kappa shape index (κ3) is 5.35. The molecule has 6 heteroatoms. The van der Waals surface area contributed by atoms with Crippen molar-refractivity contribution in [1.82, 2.24) is 15.0 Å². The molecule has 1 aromatic heterocycles. The third-order valence-electron chi connectivity index (χ3n) is 4.58. The molecule has 0 bridgehead atoms. The first kappa shape index (κ1) is 20.3. The summed E-state index contributed by atoms with van der Waals surface area (Å²) >= 11 is 6.19. The van der Waals surface area contributed by atoms with Crippen LogP contribution >= 0.6 is 11.6 Å². The number of rotatable bonds is 6. The Morgan fingerprint density at radius 3 is 2.55 bits per heavy atom. The Morgan fingerprint density at radius 1 is 0.968 bits per heavy atom. The maximum atomic E-state index is 12.3. The average Bonchev–Trinajstić information content (AvgIpc) is 3.34. The minimum Gasteiger partial charge on any atom is -0.306 e. The molecule has 3 aromatic carbocycles. The summed E-state index contributed by atoms with van der Waals surface area (Å²) in [4.78, 5) is 16.3. The summed E-state index contributed by atoms with van der Waals surface area (Å²) in [6, 6.07) is 22.7. The highest BCUT2D eigenvalue weighted by atomic mass is 35.5. The number of imidazole rings is 1. The van der Waals surface area contributed by atoms with Gasteiger partial charge in [-0.2, -0.15) is 5.10 Å². The molecule has 0 spiro atoms. The van der Waals surface area contributed by atoms with Crippen LogP contribution < -0.4 is 5.43 Å². The number of halogens is 1. The van der Waals surface area contributed by atoms with Crippen molar-refractivity contribution in [3.8, 4) is 5.69 Å². The van der Waals surface area contributed by atoms with Crippen molar-refractivity contribution in [2.75, 3.05) is 0 Å². The van der Waals surface area contributed by atoms with Gasteiger partial charge in [-0.15, -0.1) is 0 Å². The summed E-state index contributed by atoms with van der Waals surface area (Å²) in [7, 11) is 0. The Bertz CT molecular complexity index is 1230. The second-order valence-corrected chi connectivity index (χ2v) is 7.15. The van der Waals surface area contributed by atoms with E-state index < -0.39 is 0 Å². The Morgan fingerprint density at radius 2 is 1.77 bits per heavy atom. The molecule has 0 saturated carbocycles. The first-order valence-corrected chi connectivity index (χ1v) is 10.0. The van der Waals surface area contributed by atoms with Crippen LogP contribution in [0.4, 0.5) is 0 Å². The molecule has 4 aromatic rings. The van der Waals surface area contributed by atoms with Crippen LogP contribution in [-0.2, 0) is 0 Å². The lowest BCUT2D eigenvalue weighted by atomic mass is 10.1. The van der Waals surface area contributed by atoms with Gasteiger partial charge < -0.3 is 4.57 Å². The first-order chi connectivity index (χ1) is 15.2. The smallest absolute Gasteiger partial charge is 0.271 e. The maximum absolute atomic E-state index is 12.3. The number of aromatic nitrogens is 2. The van der Waals surface area contributed by atoms with Gasteiger partial charge in [0.25, 0.3) is 5.91 Å². The van der Waals surface area contributed by atoms with Gasteiger partial charge >= 0.3 is 0 Å². The van der Waals surface area contributed by atoms with Crippen molar-refractivity contribution < 1.29 is 4.79 Å². The Hall–Kier alpha value is -3.96. The molecule has 0 aliphatic carbocycles. The number of hydrogen-bond donors (Lipinski definition) is 1. The largest absolute Gasteiger partial charge is 0.306 e. The van der Waals surface area contributed by atoms with Crippen LogP contribution in [0.1, 0.15) is 27.0 Å². The highest BCUT2D eigenvalue weighted by Crippen LogP contribution is 2.18. The lowest BCUT2D eigenvalue weighted by Crippen LogP contribution is -2.17. The molecule has 0 fully saturated rings. The monoisotopic (exact) mass is 426 g/mol. The zero-order valence-electron chi connectivity index (χ0n) is 16.5. The lowest BCUT2D eigenvalue weighted by Gasteiger charge is -2.04. The quantitative estimate of drug-likeness (QED) is 0.253. The fourth-order valence-corrected chi connectivity index (χ4v) is 3.16. The molecule has 31 heavy (non-hydrogen) atoms. The van der Waals surface area contributed by atoms with E-state index in [4.69, 9.17) is 11.6 Å². The number of carbonyl (C=O) groups is 1. The summed E-state index contributed by atoms with van der Waals surface area (Å²) in [6.45, 7) is 0. The standard InChI is InChI=1S/C25H19ClN4O/c26-24-7-2-1-6-21(24)9-8-19-4-3-5-20(16-19)17-28-29-25(31)22-10-12-23(13-11-22)30-15-14-27-18-30/h1-18H,(H,29,31). The fraction of sp³-hybridized carbons (Fsp3) is 0. The number of nitrogens with one attached hydrogen (secondary N) is 1. The van der Waals surface area contributed by atoms with E-state index in [1.54, 1.807) is 30.9 Å². The predicted octanol–water partition coefficient (Wildman–Crippen LogP) is 5.46. The zero-order valence-corrected chi connectivity index (χ0v) is 17.3. The van der Waals surface area contributed by atoms with E-state index in [-0.39, 0.29) is 5.91 Å². The topological polar surface area (TPSA) is 59.3 Å². The summed E-state index contributed by atoms with van der Waals surface area (Å²) in [6.07, 6.45) is 10.8. The predicted molar refractivity (Wildman–Crippen MR) is 125 cm³/mol. The van der Waals surface area contributed by atoms with Crippen molar-refractivity contribution in [2.24, 2.45) is 5.10 Å². The molecule has 5 nitrogen and oxygen atoms in total. The normalized spacial score (nSPS) is 11.3. The summed E-state index contributed by atoms with van der Waals surface area (Å²) in [5.41, 5.74) is 6.85. The Kier molecular flexibility index (Phi) is 6.35. The number of carbonyl (C=O) groups excluding carboxylic acids is 1. The van der Waals surface area contributed by atoms with Crippen molar-refractivity contribution in [3.05, 3.63) is 119 Å². The molecule has 0 aliphatic heterocycles. The van der Waals surface area contributed by atoms with E-state index in [9.17, 15) is 4.79 Å². The van der Waals surface area contributed by atoms with Gasteiger partial charge in [0.1, 0.15) is 0 Å². The summed E-state index contributed by atoms with van der Waals surface area (Å²) < 4.78 is 1.87. The maximum Gasteiger partial charge on any atom is 0.271 e. The van der Waals surface area contributed by atoms with Gasteiger partial charge in [-0.25, -0.2) is 10.4 Å². The van der Waals surface area contributed by atoms with E-state index in [1.165, 1.54) is 0 Å². The van der Waals surface area contributed by atoms with Crippen LogP contribution in [0.2, 0.25) is 5.02 Å². The van der Waals surface area contributed by atoms with Crippen LogP contribution in [0, 0.1) is 0 Å². The molecule has 1 N–H and O–H groups in total. The number of hydrogen-bond acceptors (Lipinski definition) is 3. The Labute approximate surface area is 185 Å². The van der Waals surface area contributed by atoms with Gasteiger partial charge in [0.05, 0.1) is 12.5 Å². The van der Waals surface area contributed by atoms with Crippen LogP contribution in [0.15, 0.2) is 96.6 Å². The molecule has 0 aliphatic rings. The van der Waals surface area contributed by atoms with Crippen LogP contribution in [0.3, 0.4) is 0 Å². The van der Waals surface area contributed by atoms with E-state index >= 15 is 0 Å². The van der Waals surface area contributed by atoms with Gasteiger partial charge in [-0.1, -0.05) is 60.2 Å². The van der Waals surface area contributed by atoms with Crippen molar-refractivity contribution in [1.29, 1.82) is 0 Å². The Balaban J connectivity index is 1.38. The van der Waals surface area contributed by atoms with Gasteiger partial charge in [-0.05, 0) is 53.1 Å². The minimum absolute atomic E-state index is 0.275. The van der Waals surface area contributed by atoms with Crippen molar-refractivity contribution in [3.63, 3.8) is 0 Å². The van der Waals surface area contributed by atoms with E-state index in [1.807, 2.05) is 83.6 Å². The van der Waals surface area contributed by atoms with E-state index in [0.29, 0.717) is 10.6 Å². The lowest BCUT2D eigenvalue weighted by molar-refractivity contribution is 0.0955. The third-order valence-corrected chi connectivity index (χ3v) is 4.93. The zero-order chi connectivity index (χ0) is 21.5. The highest BCUT2D eigenvalue weighted by Gasteiger charge is 2.04. The van der Waals surface area contributed by atoms with Gasteiger partial charge in [0, 0.05) is 28.7 Å². The molecular weight excluding hydrogens is 408 g/mol. The van der Waals surface area contributed by atoms with Gasteiger partial charge in [0.15, 0.2) is 0 Å². The fourth-order valence-electron chi connectivity index (χ4n) is 2.97. The van der Waals surface area contributed by atoms with Crippen molar-refractivity contribution in [2.45, 2.75) is 0 Å². The molecule has 4 rings (SSSR count). The van der Waals surface area contributed by atoms with Crippen LogP contribution in [-0.4, -0.2) is 21.7 Å². The number of nitrogens with zero attached hydrogens (tertiary/aromatic N) is 3. The minimum atomic E-state index is -0.275. The molecule has 0 saturated heterocycles.